The van der Waals surface area contributed by atoms with Crippen molar-refractivity contribution < 1.29 is 14.3 Å². The lowest BCUT2D eigenvalue weighted by molar-refractivity contribution is -0.124. The predicted molar refractivity (Wildman–Crippen MR) is 127 cm³/mol. The zero-order valence-corrected chi connectivity index (χ0v) is 19.7. The van der Waals surface area contributed by atoms with Crippen LogP contribution in [0.25, 0.3) is 0 Å². The first kappa shape index (κ1) is 24.1. The molecule has 0 aromatic heterocycles. The van der Waals surface area contributed by atoms with Crippen LogP contribution >= 0.6 is 11.6 Å². The van der Waals surface area contributed by atoms with E-state index in [4.69, 9.17) is 16.3 Å². The number of ether oxygens (including phenoxy) is 1. The highest BCUT2D eigenvalue weighted by atomic mass is 35.5. The van der Waals surface area contributed by atoms with E-state index in [1.54, 1.807) is 31.4 Å². The molecule has 2 atom stereocenters. The highest BCUT2D eigenvalue weighted by molar-refractivity contribution is 6.33. The summed E-state index contributed by atoms with van der Waals surface area (Å²) in [5.74, 6) is 0.161. The fourth-order valence-electron chi connectivity index (χ4n) is 4.14. The standard InChI is InChI=1S/C25H32ClN3O3/c1-17(2)23(28-24(30)18-10-4-6-12-20(18)26)25(31)27-16-21(29-14-8-9-15-29)19-11-5-7-13-22(19)32-3/h4-7,10-13,17,21,23H,8-9,14-16H2,1-3H3,(H,27,31)(H,28,30). The van der Waals surface area contributed by atoms with Crippen molar-refractivity contribution in [1.82, 2.24) is 15.5 Å². The number of rotatable bonds is 9. The molecule has 1 saturated heterocycles. The van der Waals surface area contributed by atoms with Crippen LogP contribution in [0.5, 0.6) is 5.75 Å². The van der Waals surface area contributed by atoms with E-state index in [0.29, 0.717) is 17.1 Å². The summed E-state index contributed by atoms with van der Waals surface area (Å²) in [4.78, 5) is 28.2. The Balaban J connectivity index is 1.73. The van der Waals surface area contributed by atoms with Gasteiger partial charge in [0.2, 0.25) is 5.91 Å². The third-order valence-corrected chi connectivity index (χ3v) is 6.23. The van der Waals surface area contributed by atoms with Gasteiger partial charge in [0, 0.05) is 12.1 Å². The van der Waals surface area contributed by atoms with Crippen molar-refractivity contribution in [2.45, 2.75) is 38.8 Å². The van der Waals surface area contributed by atoms with E-state index >= 15 is 0 Å². The maximum absolute atomic E-state index is 13.1. The number of halogens is 1. The molecule has 0 radical (unpaired) electrons. The Morgan fingerprint density at radius 1 is 1.06 bits per heavy atom. The van der Waals surface area contributed by atoms with Gasteiger partial charge in [0.15, 0.2) is 0 Å². The van der Waals surface area contributed by atoms with E-state index in [1.165, 1.54) is 0 Å². The number of para-hydroxylation sites is 1. The second kappa shape index (κ2) is 11.3. The number of hydrogen-bond donors (Lipinski definition) is 2. The van der Waals surface area contributed by atoms with Crippen molar-refractivity contribution in [3.63, 3.8) is 0 Å². The molecule has 0 bridgehead atoms. The molecule has 1 fully saturated rings. The van der Waals surface area contributed by atoms with Crippen molar-refractivity contribution in [2.24, 2.45) is 5.92 Å². The summed E-state index contributed by atoms with van der Waals surface area (Å²) >= 11 is 6.15. The van der Waals surface area contributed by atoms with Crippen molar-refractivity contribution in [3.8, 4) is 5.75 Å². The van der Waals surface area contributed by atoms with Crippen LogP contribution in [0.15, 0.2) is 48.5 Å². The first-order valence-electron chi connectivity index (χ1n) is 11.1. The number of methoxy groups -OCH3 is 1. The fourth-order valence-corrected chi connectivity index (χ4v) is 4.36. The van der Waals surface area contributed by atoms with Crippen LogP contribution in [0.2, 0.25) is 5.02 Å². The average molecular weight is 458 g/mol. The first-order chi connectivity index (χ1) is 15.4. The average Bonchev–Trinajstić information content (AvgIpc) is 3.32. The van der Waals surface area contributed by atoms with Crippen LogP contribution < -0.4 is 15.4 Å². The van der Waals surface area contributed by atoms with E-state index in [-0.39, 0.29) is 23.8 Å². The van der Waals surface area contributed by atoms with E-state index < -0.39 is 6.04 Å². The summed E-state index contributed by atoms with van der Waals surface area (Å²) in [6, 6.07) is 14.1. The van der Waals surface area contributed by atoms with Gasteiger partial charge < -0.3 is 15.4 Å². The number of nitrogens with one attached hydrogen (secondary N) is 2. The molecule has 0 spiro atoms. The summed E-state index contributed by atoms with van der Waals surface area (Å²) in [5, 5.41) is 6.29. The molecule has 2 amide bonds. The minimum absolute atomic E-state index is 0.00433. The first-order valence-corrected chi connectivity index (χ1v) is 11.5. The number of hydrogen-bond acceptors (Lipinski definition) is 4. The molecule has 3 rings (SSSR count). The van der Waals surface area contributed by atoms with Gasteiger partial charge >= 0.3 is 0 Å². The molecule has 1 heterocycles. The largest absolute Gasteiger partial charge is 0.496 e. The number of nitrogens with zero attached hydrogens (tertiary/aromatic N) is 1. The molecule has 2 unspecified atom stereocenters. The number of amides is 2. The number of carbonyl (C=O) groups is 2. The molecule has 6 nitrogen and oxygen atoms in total. The van der Waals surface area contributed by atoms with Crippen molar-refractivity contribution >= 4 is 23.4 Å². The lowest BCUT2D eigenvalue weighted by Crippen LogP contribution is -2.51. The van der Waals surface area contributed by atoms with E-state index in [0.717, 1.165) is 37.2 Å². The Morgan fingerprint density at radius 2 is 1.72 bits per heavy atom. The molecule has 0 aliphatic carbocycles. The van der Waals surface area contributed by atoms with Gasteiger partial charge in [0.25, 0.3) is 5.91 Å². The molecule has 2 aromatic rings. The maximum atomic E-state index is 13.1. The fraction of sp³-hybridized carbons (Fsp3) is 0.440. The van der Waals surface area contributed by atoms with Crippen LogP contribution in [0.1, 0.15) is 48.7 Å². The van der Waals surface area contributed by atoms with E-state index in [1.807, 2.05) is 38.1 Å². The quantitative estimate of drug-likeness (QED) is 0.595. The summed E-state index contributed by atoms with van der Waals surface area (Å²) < 4.78 is 5.58. The zero-order chi connectivity index (χ0) is 23.1. The van der Waals surface area contributed by atoms with Gasteiger partial charge in [0.05, 0.1) is 23.7 Å². The SMILES string of the molecule is COc1ccccc1C(CNC(=O)C(NC(=O)c1ccccc1Cl)C(C)C)N1CCCC1. The van der Waals surface area contributed by atoms with Gasteiger partial charge in [0.1, 0.15) is 11.8 Å². The minimum Gasteiger partial charge on any atom is -0.496 e. The highest BCUT2D eigenvalue weighted by Crippen LogP contribution is 2.31. The smallest absolute Gasteiger partial charge is 0.253 e. The summed E-state index contributed by atoms with van der Waals surface area (Å²) in [5.41, 5.74) is 1.41. The topological polar surface area (TPSA) is 70.7 Å². The Hall–Kier alpha value is -2.57. The lowest BCUT2D eigenvalue weighted by atomic mass is 10.0. The van der Waals surface area contributed by atoms with Crippen LogP contribution in [0.3, 0.4) is 0 Å². The van der Waals surface area contributed by atoms with Crippen LogP contribution in [0, 0.1) is 5.92 Å². The molecular formula is C25H32ClN3O3. The third-order valence-electron chi connectivity index (χ3n) is 5.90. The van der Waals surface area contributed by atoms with Crippen molar-refractivity contribution in [1.29, 1.82) is 0 Å². The van der Waals surface area contributed by atoms with Gasteiger partial charge in [-0.2, -0.15) is 0 Å². The number of carbonyl (C=O) groups excluding carboxylic acids is 2. The van der Waals surface area contributed by atoms with E-state index in [9.17, 15) is 9.59 Å². The normalized spacial score (nSPS) is 15.9. The summed E-state index contributed by atoms with van der Waals surface area (Å²) in [7, 11) is 1.66. The van der Waals surface area contributed by atoms with Crippen molar-refractivity contribution in [2.75, 3.05) is 26.7 Å². The lowest BCUT2D eigenvalue weighted by Gasteiger charge is -2.30. The van der Waals surface area contributed by atoms with Gasteiger partial charge in [-0.3, -0.25) is 14.5 Å². The Bertz CT molecular complexity index is 928. The Morgan fingerprint density at radius 3 is 2.38 bits per heavy atom. The minimum atomic E-state index is -0.671. The molecular weight excluding hydrogens is 426 g/mol. The second-order valence-corrected chi connectivity index (χ2v) is 8.83. The molecule has 1 aliphatic heterocycles. The van der Waals surface area contributed by atoms with Crippen LogP contribution in [-0.2, 0) is 4.79 Å². The molecule has 7 heteroatoms. The third kappa shape index (κ3) is 5.81. The van der Waals surface area contributed by atoms with Crippen LogP contribution in [-0.4, -0.2) is 49.5 Å². The number of likely N-dealkylation sites (tertiary alicyclic amines) is 1. The molecule has 2 N–H and O–H groups in total. The summed E-state index contributed by atoms with van der Waals surface area (Å²) in [6.07, 6.45) is 2.28. The molecule has 2 aromatic carbocycles. The van der Waals surface area contributed by atoms with Crippen LogP contribution in [0.4, 0.5) is 0 Å². The second-order valence-electron chi connectivity index (χ2n) is 8.42. The Labute approximate surface area is 195 Å². The van der Waals surface area contributed by atoms with Gasteiger partial charge in [-0.25, -0.2) is 0 Å². The van der Waals surface area contributed by atoms with Crippen molar-refractivity contribution in [3.05, 3.63) is 64.7 Å². The molecule has 32 heavy (non-hydrogen) atoms. The summed E-state index contributed by atoms with van der Waals surface area (Å²) in [6.45, 7) is 6.22. The number of benzene rings is 2. The van der Waals surface area contributed by atoms with Gasteiger partial charge in [-0.15, -0.1) is 0 Å². The zero-order valence-electron chi connectivity index (χ0n) is 18.9. The molecule has 172 valence electrons. The van der Waals surface area contributed by atoms with Gasteiger partial charge in [-0.05, 0) is 50.0 Å². The Kier molecular flexibility index (Phi) is 8.53. The maximum Gasteiger partial charge on any atom is 0.253 e. The van der Waals surface area contributed by atoms with Gasteiger partial charge in [-0.1, -0.05) is 55.8 Å². The molecule has 0 saturated carbocycles. The van der Waals surface area contributed by atoms with E-state index in [2.05, 4.69) is 15.5 Å². The molecule has 1 aliphatic rings. The predicted octanol–water partition coefficient (Wildman–Crippen LogP) is 4.06. The monoisotopic (exact) mass is 457 g/mol. The highest BCUT2D eigenvalue weighted by Gasteiger charge is 2.29.